The Morgan fingerprint density at radius 1 is 0.893 bits per heavy atom. The van der Waals surface area contributed by atoms with Gasteiger partial charge in [0.1, 0.15) is 5.75 Å². The highest BCUT2D eigenvalue weighted by Crippen LogP contribution is 2.20. The van der Waals surface area contributed by atoms with Crippen molar-refractivity contribution >= 4 is 22.9 Å². The van der Waals surface area contributed by atoms with Crippen LogP contribution in [-0.4, -0.2) is 84.6 Å². The van der Waals surface area contributed by atoms with Gasteiger partial charge in [-0.1, -0.05) is 6.07 Å². The molecule has 4 rings (SSSR count). The van der Waals surface area contributed by atoms with E-state index in [0.29, 0.717) is 6.54 Å². The number of piperazine rings is 2. The molecule has 1 aromatic heterocycles. The van der Waals surface area contributed by atoms with Crippen molar-refractivity contribution in [2.45, 2.75) is 6.54 Å². The molecule has 2 aromatic rings. The number of hydrogen-bond acceptors (Lipinski definition) is 6. The Bertz CT molecular complexity index is 749. The van der Waals surface area contributed by atoms with Crippen molar-refractivity contribution in [1.82, 2.24) is 14.7 Å². The number of carbonyl (C=O) groups is 1. The summed E-state index contributed by atoms with van der Waals surface area (Å²) in [6.07, 6.45) is 0. The van der Waals surface area contributed by atoms with E-state index in [9.17, 15) is 9.90 Å². The van der Waals surface area contributed by atoms with Crippen LogP contribution >= 0.6 is 11.3 Å². The maximum absolute atomic E-state index is 12.7. The fraction of sp³-hybridized carbons (Fsp3) is 0.476. The topological polar surface area (TPSA) is 50.3 Å². The molecule has 0 bridgehead atoms. The van der Waals surface area contributed by atoms with E-state index in [0.717, 1.165) is 64.6 Å². The van der Waals surface area contributed by atoms with Crippen molar-refractivity contribution in [2.75, 3.05) is 63.8 Å². The highest BCUT2D eigenvalue weighted by atomic mass is 32.1. The summed E-state index contributed by atoms with van der Waals surface area (Å²) in [7, 11) is 0. The molecule has 0 unspecified atom stereocenters. The minimum absolute atomic E-state index is 0.247. The maximum Gasteiger partial charge on any atom is 0.236 e. The molecular weight excluding hydrogens is 372 g/mol. The van der Waals surface area contributed by atoms with Crippen LogP contribution in [0.3, 0.4) is 0 Å². The molecule has 2 fully saturated rings. The lowest BCUT2D eigenvalue weighted by atomic mass is 10.2. The lowest BCUT2D eigenvalue weighted by Gasteiger charge is -2.38. The lowest BCUT2D eigenvalue weighted by molar-refractivity contribution is -0.133. The molecule has 0 spiro atoms. The summed E-state index contributed by atoms with van der Waals surface area (Å²) in [4.78, 5) is 23.2. The summed E-state index contributed by atoms with van der Waals surface area (Å²) < 4.78 is 0. The first-order valence-electron chi connectivity index (χ1n) is 9.96. The summed E-state index contributed by atoms with van der Waals surface area (Å²) in [6.45, 7) is 8.74. The summed E-state index contributed by atoms with van der Waals surface area (Å²) in [6, 6.07) is 11.6. The number of amides is 1. The van der Waals surface area contributed by atoms with Gasteiger partial charge in [-0.05, 0) is 35.7 Å². The second kappa shape index (κ2) is 8.94. The zero-order valence-corrected chi connectivity index (χ0v) is 17.0. The third-order valence-electron chi connectivity index (χ3n) is 5.63. The van der Waals surface area contributed by atoms with E-state index in [4.69, 9.17) is 0 Å². The SMILES string of the molecule is O=C(CN1CCN(Cc2cccs2)CC1)N1CCN(c2ccc(O)cc2)CC1. The summed E-state index contributed by atoms with van der Waals surface area (Å²) >= 11 is 1.81. The largest absolute Gasteiger partial charge is 0.508 e. The van der Waals surface area contributed by atoms with Crippen LogP contribution in [0.5, 0.6) is 5.75 Å². The smallest absolute Gasteiger partial charge is 0.236 e. The van der Waals surface area contributed by atoms with Crippen LogP contribution in [0.15, 0.2) is 41.8 Å². The Morgan fingerprint density at radius 3 is 2.21 bits per heavy atom. The van der Waals surface area contributed by atoms with Crippen molar-refractivity contribution in [3.05, 3.63) is 46.7 Å². The Morgan fingerprint density at radius 2 is 1.57 bits per heavy atom. The van der Waals surface area contributed by atoms with Crippen molar-refractivity contribution < 1.29 is 9.90 Å². The van der Waals surface area contributed by atoms with Gasteiger partial charge in [0.2, 0.25) is 5.91 Å². The van der Waals surface area contributed by atoms with Gasteiger partial charge in [-0.2, -0.15) is 0 Å². The van der Waals surface area contributed by atoms with Gasteiger partial charge in [-0.3, -0.25) is 14.6 Å². The average molecular weight is 401 g/mol. The van der Waals surface area contributed by atoms with Gasteiger partial charge in [-0.15, -0.1) is 11.3 Å². The molecule has 0 aliphatic carbocycles. The quantitative estimate of drug-likeness (QED) is 0.831. The molecule has 0 saturated carbocycles. The first-order valence-corrected chi connectivity index (χ1v) is 10.8. The zero-order valence-electron chi connectivity index (χ0n) is 16.2. The molecular formula is C21H28N4O2S. The maximum atomic E-state index is 12.7. The molecule has 150 valence electrons. The Labute approximate surface area is 170 Å². The molecule has 1 amide bonds. The second-order valence-electron chi connectivity index (χ2n) is 7.52. The van der Waals surface area contributed by atoms with E-state index in [1.165, 1.54) is 4.88 Å². The third kappa shape index (κ3) is 4.84. The van der Waals surface area contributed by atoms with Crippen LogP contribution < -0.4 is 4.90 Å². The molecule has 6 nitrogen and oxygen atoms in total. The Balaban J connectivity index is 1.19. The van der Waals surface area contributed by atoms with Crippen LogP contribution in [0.1, 0.15) is 4.88 Å². The molecule has 7 heteroatoms. The van der Waals surface area contributed by atoms with Gasteiger partial charge in [0.15, 0.2) is 0 Å². The molecule has 0 radical (unpaired) electrons. The lowest BCUT2D eigenvalue weighted by Crippen LogP contribution is -2.53. The van der Waals surface area contributed by atoms with E-state index in [2.05, 4.69) is 32.2 Å². The molecule has 1 aromatic carbocycles. The standard InChI is InChI=1S/C21H28N4O2S/c26-19-5-3-18(4-6-19)24-11-13-25(14-12-24)21(27)17-23-9-7-22(8-10-23)16-20-2-1-15-28-20/h1-6,15,26H,7-14,16-17H2. The number of phenols is 1. The fourth-order valence-corrected chi connectivity index (χ4v) is 4.64. The zero-order chi connectivity index (χ0) is 19.3. The second-order valence-corrected chi connectivity index (χ2v) is 8.55. The number of anilines is 1. The predicted molar refractivity (Wildman–Crippen MR) is 113 cm³/mol. The number of carbonyl (C=O) groups excluding carboxylic acids is 1. The molecule has 0 atom stereocenters. The number of thiophene rings is 1. The predicted octanol–water partition coefficient (Wildman–Crippen LogP) is 1.92. The molecule has 2 saturated heterocycles. The van der Waals surface area contributed by atoms with Gasteiger partial charge >= 0.3 is 0 Å². The average Bonchev–Trinajstić information content (AvgIpc) is 3.23. The molecule has 3 heterocycles. The number of phenolic OH excluding ortho intramolecular Hbond substituents is 1. The van der Waals surface area contributed by atoms with Crippen LogP contribution in [0.25, 0.3) is 0 Å². The van der Waals surface area contributed by atoms with Crippen LogP contribution in [-0.2, 0) is 11.3 Å². The molecule has 2 aliphatic rings. The van der Waals surface area contributed by atoms with Gasteiger partial charge in [0.05, 0.1) is 6.54 Å². The Kier molecular flexibility index (Phi) is 6.14. The highest BCUT2D eigenvalue weighted by molar-refractivity contribution is 7.09. The normalized spacial score (nSPS) is 19.1. The Hall–Kier alpha value is -2.09. The number of hydrogen-bond donors (Lipinski definition) is 1. The van der Waals surface area contributed by atoms with Gasteiger partial charge in [0, 0.05) is 69.5 Å². The van der Waals surface area contributed by atoms with Gasteiger partial charge in [-0.25, -0.2) is 0 Å². The van der Waals surface area contributed by atoms with Gasteiger partial charge in [0.25, 0.3) is 0 Å². The minimum atomic E-state index is 0.247. The van der Waals surface area contributed by atoms with Crippen LogP contribution in [0, 0.1) is 0 Å². The molecule has 28 heavy (non-hydrogen) atoms. The molecule has 1 N–H and O–H groups in total. The van der Waals surface area contributed by atoms with Crippen LogP contribution in [0.2, 0.25) is 0 Å². The fourth-order valence-electron chi connectivity index (χ4n) is 3.90. The monoisotopic (exact) mass is 400 g/mol. The van der Waals surface area contributed by atoms with Crippen molar-refractivity contribution in [3.63, 3.8) is 0 Å². The van der Waals surface area contributed by atoms with Crippen molar-refractivity contribution in [3.8, 4) is 5.75 Å². The summed E-state index contributed by atoms with van der Waals surface area (Å²) in [5, 5.41) is 11.6. The van der Waals surface area contributed by atoms with E-state index < -0.39 is 0 Å². The highest BCUT2D eigenvalue weighted by Gasteiger charge is 2.25. The van der Waals surface area contributed by atoms with Crippen molar-refractivity contribution in [2.24, 2.45) is 0 Å². The number of benzene rings is 1. The van der Waals surface area contributed by atoms with Crippen molar-refractivity contribution in [1.29, 1.82) is 0 Å². The number of rotatable bonds is 5. The third-order valence-corrected chi connectivity index (χ3v) is 6.49. The first-order chi connectivity index (χ1) is 13.7. The first kappa shape index (κ1) is 19.2. The molecule has 2 aliphatic heterocycles. The van der Waals surface area contributed by atoms with E-state index >= 15 is 0 Å². The number of nitrogens with zero attached hydrogens (tertiary/aromatic N) is 4. The van der Waals surface area contributed by atoms with E-state index in [-0.39, 0.29) is 11.7 Å². The van der Waals surface area contributed by atoms with Crippen LogP contribution in [0.4, 0.5) is 5.69 Å². The number of aromatic hydroxyl groups is 1. The van der Waals surface area contributed by atoms with Gasteiger partial charge < -0.3 is 14.9 Å². The minimum Gasteiger partial charge on any atom is -0.508 e. The van der Waals surface area contributed by atoms with E-state index in [1.54, 1.807) is 12.1 Å². The summed E-state index contributed by atoms with van der Waals surface area (Å²) in [5.41, 5.74) is 1.10. The summed E-state index contributed by atoms with van der Waals surface area (Å²) in [5.74, 6) is 0.533. The van der Waals surface area contributed by atoms with E-state index in [1.807, 2.05) is 28.4 Å².